The van der Waals surface area contributed by atoms with E-state index in [0.29, 0.717) is 23.4 Å². The van der Waals surface area contributed by atoms with E-state index in [1.54, 1.807) is 30.3 Å². The Balaban J connectivity index is 2.00. The van der Waals surface area contributed by atoms with Crippen LogP contribution in [0.15, 0.2) is 48.5 Å². The molecule has 1 N–H and O–H groups in total. The fraction of sp³-hybridized carbons (Fsp3) is 0.300. The minimum absolute atomic E-state index is 0.193. The Hall–Kier alpha value is -2.82. The zero-order valence-electron chi connectivity index (χ0n) is 14.9. The van der Waals surface area contributed by atoms with Crippen LogP contribution in [0.3, 0.4) is 0 Å². The van der Waals surface area contributed by atoms with E-state index in [9.17, 15) is 9.59 Å². The molecule has 1 amide bonds. The normalized spacial score (nSPS) is 10.2. The van der Waals surface area contributed by atoms with Gasteiger partial charge in [0.2, 0.25) is 0 Å². The SMILES string of the molecule is CCCCOC(=O)c1ccc(NC(=O)c2cccc(N(C)C)c2)cc1. The second-order valence-electron chi connectivity index (χ2n) is 5.97. The van der Waals surface area contributed by atoms with E-state index in [-0.39, 0.29) is 11.9 Å². The number of benzene rings is 2. The van der Waals surface area contributed by atoms with Crippen molar-refractivity contribution in [3.63, 3.8) is 0 Å². The molecule has 2 aromatic rings. The molecule has 0 aliphatic rings. The molecule has 0 saturated heterocycles. The summed E-state index contributed by atoms with van der Waals surface area (Å²) in [7, 11) is 3.85. The summed E-state index contributed by atoms with van der Waals surface area (Å²) in [6, 6.07) is 14.1. The molecule has 0 aliphatic heterocycles. The third-order valence-corrected chi connectivity index (χ3v) is 3.73. The summed E-state index contributed by atoms with van der Waals surface area (Å²) in [5.74, 6) is -0.535. The molecular weight excluding hydrogens is 316 g/mol. The van der Waals surface area contributed by atoms with Crippen molar-refractivity contribution in [2.75, 3.05) is 30.9 Å². The van der Waals surface area contributed by atoms with Crippen LogP contribution < -0.4 is 10.2 Å². The molecule has 0 spiro atoms. The molecule has 0 aromatic heterocycles. The maximum absolute atomic E-state index is 12.4. The van der Waals surface area contributed by atoms with Gasteiger partial charge in [-0.3, -0.25) is 4.79 Å². The Labute approximate surface area is 148 Å². The fourth-order valence-electron chi connectivity index (χ4n) is 2.21. The number of rotatable bonds is 7. The van der Waals surface area contributed by atoms with Crippen LogP contribution in [0.4, 0.5) is 11.4 Å². The average molecular weight is 340 g/mol. The molecule has 0 fully saturated rings. The zero-order chi connectivity index (χ0) is 18.2. The van der Waals surface area contributed by atoms with Crippen LogP contribution in [0.5, 0.6) is 0 Å². The first-order valence-electron chi connectivity index (χ1n) is 8.37. The molecule has 0 bridgehead atoms. The van der Waals surface area contributed by atoms with Crippen LogP contribution >= 0.6 is 0 Å². The average Bonchev–Trinajstić information content (AvgIpc) is 2.62. The van der Waals surface area contributed by atoms with Crippen molar-refractivity contribution in [1.29, 1.82) is 0 Å². The number of esters is 1. The largest absolute Gasteiger partial charge is 0.462 e. The van der Waals surface area contributed by atoms with E-state index in [1.165, 1.54) is 0 Å². The predicted octanol–water partition coefficient (Wildman–Crippen LogP) is 3.96. The lowest BCUT2D eigenvalue weighted by Crippen LogP contribution is -2.14. The Morgan fingerprint density at radius 3 is 2.40 bits per heavy atom. The van der Waals surface area contributed by atoms with E-state index in [2.05, 4.69) is 5.32 Å². The van der Waals surface area contributed by atoms with Gasteiger partial charge in [0.05, 0.1) is 12.2 Å². The predicted molar refractivity (Wildman–Crippen MR) is 100 cm³/mol. The zero-order valence-corrected chi connectivity index (χ0v) is 14.9. The first kappa shape index (κ1) is 18.5. The van der Waals surface area contributed by atoms with Crippen molar-refractivity contribution in [2.24, 2.45) is 0 Å². The van der Waals surface area contributed by atoms with Gasteiger partial charge >= 0.3 is 5.97 Å². The lowest BCUT2D eigenvalue weighted by atomic mass is 10.1. The van der Waals surface area contributed by atoms with Gasteiger partial charge in [-0.15, -0.1) is 0 Å². The second kappa shape index (κ2) is 8.87. The van der Waals surface area contributed by atoms with Crippen molar-refractivity contribution < 1.29 is 14.3 Å². The van der Waals surface area contributed by atoms with Crippen LogP contribution in [0.25, 0.3) is 0 Å². The summed E-state index contributed by atoms with van der Waals surface area (Å²) in [5.41, 5.74) is 2.64. The maximum atomic E-state index is 12.4. The molecule has 5 nitrogen and oxygen atoms in total. The summed E-state index contributed by atoms with van der Waals surface area (Å²) >= 11 is 0. The highest BCUT2D eigenvalue weighted by Crippen LogP contribution is 2.16. The molecule has 5 heteroatoms. The molecule has 0 unspecified atom stereocenters. The summed E-state index contributed by atoms with van der Waals surface area (Å²) in [6.45, 7) is 2.47. The van der Waals surface area contributed by atoms with Gasteiger partial charge in [-0.25, -0.2) is 4.79 Å². The van der Waals surface area contributed by atoms with Crippen LogP contribution in [0.2, 0.25) is 0 Å². The van der Waals surface area contributed by atoms with Gasteiger partial charge in [0, 0.05) is 31.0 Å². The minimum atomic E-state index is -0.343. The smallest absolute Gasteiger partial charge is 0.338 e. The van der Waals surface area contributed by atoms with Gasteiger partial charge in [-0.2, -0.15) is 0 Å². The highest BCUT2D eigenvalue weighted by Gasteiger charge is 2.10. The summed E-state index contributed by atoms with van der Waals surface area (Å²) in [5, 5.41) is 2.83. The van der Waals surface area contributed by atoms with E-state index in [0.717, 1.165) is 18.5 Å². The van der Waals surface area contributed by atoms with Crippen molar-refractivity contribution in [2.45, 2.75) is 19.8 Å². The third kappa shape index (κ3) is 5.35. The van der Waals surface area contributed by atoms with E-state index in [1.807, 2.05) is 44.1 Å². The van der Waals surface area contributed by atoms with E-state index in [4.69, 9.17) is 4.74 Å². The van der Waals surface area contributed by atoms with Gasteiger partial charge in [0.25, 0.3) is 5.91 Å². The third-order valence-electron chi connectivity index (χ3n) is 3.73. The number of anilines is 2. The van der Waals surface area contributed by atoms with Crippen LogP contribution in [0.1, 0.15) is 40.5 Å². The number of carbonyl (C=O) groups excluding carboxylic acids is 2. The van der Waals surface area contributed by atoms with Gasteiger partial charge in [-0.05, 0) is 48.9 Å². The summed E-state index contributed by atoms with van der Waals surface area (Å²) in [4.78, 5) is 26.2. The first-order chi connectivity index (χ1) is 12.0. The molecular formula is C20H24N2O3. The lowest BCUT2D eigenvalue weighted by Gasteiger charge is -2.13. The number of nitrogens with one attached hydrogen (secondary N) is 1. The van der Waals surface area contributed by atoms with Crippen LogP contribution in [-0.2, 0) is 4.74 Å². The Bertz CT molecular complexity index is 724. The first-order valence-corrected chi connectivity index (χ1v) is 8.37. The number of amides is 1. The highest BCUT2D eigenvalue weighted by molar-refractivity contribution is 6.05. The minimum Gasteiger partial charge on any atom is -0.462 e. The molecule has 25 heavy (non-hydrogen) atoms. The van der Waals surface area contributed by atoms with Crippen molar-refractivity contribution in [1.82, 2.24) is 0 Å². The monoisotopic (exact) mass is 340 g/mol. The molecule has 0 atom stereocenters. The number of nitrogens with zero attached hydrogens (tertiary/aromatic N) is 1. The molecule has 2 aromatic carbocycles. The number of ether oxygens (including phenoxy) is 1. The number of hydrogen-bond donors (Lipinski definition) is 1. The Morgan fingerprint density at radius 1 is 1.04 bits per heavy atom. The molecule has 0 aliphatic carbocycles. The Morgan fingerprint density at radius 2 is 1.76 bits per heavy atom. The lowest BCUT2D eigenvalue weighted by molar-refractivity contribution is 0.0499. The number of hydrogen-bond acceptors (Lipinski definition) is 4. The van der Waals surface area contributed by atoms with Crippen molar-refractivity contribution in [3.05, 3.63) is 59.7 Å². The Kier molecular flexibility index (Phi) is 6.57. The molecule has 132 valence electrons. The van der Waals surface area contributed by atoms with E-state index >= 15 is 0 Å². The summed E-state index contributed by atoms with van der Waals surface area (Å²) in [6.07, 6.45) is 1.83. The van der Waals surface area contributed by atoms with Crippen molar-refractivity contribution in [3.8, 4) is 0 Å². The quantitative estimate of drug-likeness (QED) is 0.612. The number of carbonyl (C=O) groups is 2. The van der Waals surface area contributed by atoms with Gasteiger partial charge in [0.1, 0.15) is 0 Å². The fourth-order valence-corrected chi connectivity index (χ4v) is 2.21. The van der Waals surface area contributed by atoms with Gasteiger partial charge in [0.15, 0.2) is 0 Å². The molecule has 0 saturated carbocycles. The van der Waals surface area contributed by atoms with Crippen molar-refractivity contribution >= 4 is 23.3 Å². The topological polar surface area (TPSA) is 58.6 Å². The maximum Gasteiger partial charge on any atom is 0.338 e. The molecule has 2 rings (SSSR count). The molecule has 0 heterocycles. The summed E-state index contributed by atoms with van der Waals surface area (Å²) < 4.78 is 5.16. The standard InChI is InChI=1S/C20H24N2O3/c1-4-5-13-25-20(24)15-9-11-17(12-10-15)21-19(23)16-7-6-8-18(14-16)22(2)3/h6-12,14H,4-5,13H2,1-3H3,(H,21,23). The second-order valence-corrected chi connectivity index (χ2v) is 5.97. The van der Waals surface area contributed by atoms with Gasteiger partial charge < -0.3 is 15.0 Å². The van der Waals surface area contributed by atoms with Crippen LogP contribution in [-0.4, -0.2) is 32.6 Å². The molecule has 0 radical (unpaired) electrons. The highest BCUT2D eigenvalue weighted by atomic mass is 16.5. The van der Waals surface area contributed by atoms with Crippen LogP contribution in [0, 0.1) is 0 Å². The van der Waals surface area contributed by atoms with E-state index < -0.39 is 0 Å². The van der Waals surface area contributed by atoms with Gasteiger partial charge in [-0.1, -0.05) is 19.4 Å². The number of unbranched alkanes of at least 4 members (excludes halogenated alkanes) is 1.